The van der Waals surface area contributed by atoms with Crippen molar-refractivity contribution in [3.63, 3.8) is 0 Å². The molecule has 43 heavy (non-hydrogen) atoms. The zero-order valence-electron chi connectivity index (χ0n) is 23.7. The largest absolute Gasteiger partial charge is 0.576 e. The van der Waals surface area contributed by atoms with Crippen LogP contribution in [0, 0.1) is 5.92 Å². The van der Waals surface area contributed by atoms with E-state index >= 15 is 13.2 Å². The average molecular weight is 630 g/mol. The van der Waals surface area contributed by atoms with Crippen molar-refractivity contribution in [2.24, 2.45) is 5.92 Å². The number of hydrogen-bond donors (Lipinski definition) is 0. The Hall–Kier alpha value is -3.49. The highest BCUT2D eigenvalue weighted by molar-refractivity contribution is 5.86. The van der Waals surface area contributed by atoms with Crippen molar-refractivity contribution in [1.82, 2.24) is 9.38 Å². The highest BCUT2D eigenvalue weighted by atomic mass is 19.4. The number of alkyl halides is 9. The predicted octanol–water partition coefficient (Wildman–Crippen LogP) is 8.83. The highest BCUT2D eigenvalue weighted by Gasteiger charge is 2.71. The van der Waals surface area contributed by atoms with Crippen LogP contribution in [0.5, 0.6) is 0 Å². The van der Waals surface area contributed by atoms with E-state index in [0.29, 0.717) is 12.1 Å². The topological polar surface area (TPSA) is 55.8 Å². The number of amides is 2. The van der Waals surface area contributed by atoms with Gasteiger partial charge in [-0.25, -0.2) is 4.79 Å². The summed E-state index contributed by atoms with van der Waals surface area (Å²) in [7, 11) is 0.910. The fourth-order valence-electron chi connectivity index (χ4n) is 5.47. The number of para-hydroxylation sites is 1. The fourth-order valence-corrected chi connectivity index (χ4v) is 5.47. The summed E-state index contributed by atoms with van der Waals surface area (Å²) in [5, 5.41) is 0. The van der Waals surface area contributed by atoms with E-state index in [0.717, 1.165) is 18.1 Å². The van der Waals surface area contributed by atoms with Gasteiger partial charge in [-0.1, -0.05) is 36.5 Å². The Kier molecular flexibility index (Phi) is 9.40. The molecule has 0 spiro atoms. The Morgan fingerprint density at radius 2 is 1.44 bits per heavy atom. The minimum atomic E-state index is -5.25. The lowest BCUT2D eigenvalue weighted by Crippen LogP contribution is -2.72. The second kappa shape index (κ2) is 11.9. The normalized spacial score (nSPS) is 21.0. The van der Waals surface area contributed by atoms with E-state index in [-0.39, 0.29) is 11.6 Å². The molecule has 2 aromatic rings. The van der Waals surface area contributed by atoms with Gasteiger partial charge in [0, 0.05) is 30.5 Å². The third-order valence-electron chi connectivity index (χ3n) is 7.22. The molecule has 0 saturated carbocycles. The number of methoxy groups -OCH3 is 1. The molecule has 2 aromatic carbocycles. The second-order valence-corrected chi connectivity index (χ2v) is 10.8. The number of quaternary nitrogens is 1. The first-order valence-electron chi connectivity index (χ1n) is 13.0. The van der Waals surface area contributed by atoms with Crippen LogP contribution < -0.4 is 4.48 Å². The average Bonchev–Trinajstić information content (AvgIpc) is 2.88. The zero-order chi connectivity index (χ0) is 32.7. The van der Waals surface area contributed by atoms with Gasteiger partial charge in [-0.2, -0.15) is 31.1 Å². The van der Waals surface area contributed by atoms with E-state index < -0.39 is 94.8 Å². The summed E-state index contributed by atoms with van der Waals surface area (Å²) in [6, 6.07) is 2.63. The number of hydrogen-bond acceptors (Lipinski definition) is 4. The summed E-state index contributed by atoms with van der Waals surface area (Å²) < 4.78 is 134. The molecule has 0 bridgehead atoms. The van der Waals surface area contributed by atoms with Gasteiger partial charge >= 0.3 is 30.8 Å². The van der Waals surface area contributed by atoms with E-state index in [1.165, 1.54) is 45.9 Å². The third kappa shape index (κ3) is 6.55. The quantitative estimate of drug-likeness (QED) is 0.189. The number of carbonyl (C=O) groups is 2. The lowest BCUT2D eigenvalue weighted by Gasteiger charge is -2.49. The summed E-state index contributed by atoms with van der Waals surface area (Å²) >= 11 is 0. The van der Waals surface area contributed by atoms with Crippen molar-refractivity contribution in [3.8, 4) is 0 Å². The maximum absolute atomic E-state index is 15.2. The number of nitrogens with zero attached hydrogens (tertiary/aromatic N) is 2. The molecule has 0 radical (unpaired) electrons. The molecular weight excluding hydrogens is 599 g/mol. The molecular formula is C28H30F9N2O4+. The molecule has 1 aliphatic heterocycles. The number of benzene rings is 2. The molecule has 1 unspecified atom stereocenters. The van der Waals surface area contributed by atoms with Crippen LogP contribution in [0.1, 0.15) is 62.4 Å². The Morgan fingerprint density at radius 3 is 1.88 bits per heavy atom. The minimum Gasteiger partial charge on any atom is -0.453 e. The number of halogens is 9. The lowest BCUT2D eigenvalue weighted by atomic mass is 9.82. The van der Waals surface area contributed by atoms with Crippen LogP contribution in [0.4, 0.5) is 54.8 Å². The van der Waals surface area contributed by atoms with Crippen molar-refractivity contribution in [3.05, 3.63) is 64.7 Å². The van der Waals surface area contributed by atoms with E-state index in [1.807, 2.05) is 0 Å². The van der Waals surface area contributed by atoms with E-state index in [9.17, 15) is 35.9 Å². The molecule has 15 heteroatoms. The lowest BCUT2D eigenvalue weighted by molar-refractivity contribution is -0.244. The number of rotatable bonds is 5. The Morgan fingerprint density at radius 1 is 0.907 bits per heavy atom. The van der Waals surface area contributed by atoms with Crippen LogP contribution >= 0.6 is 0 Å². The SMILES string of the molecule is COC(=O)N(Cc1cc(C(F)(F)F)cc(C(F)(F)F)c1)[C@H]1C[C@@H](C(C)C)[N+](C(=O)OC(C)C)(C(F)(F)F)c2ccccc21. The van der Waals surface area contributed by atoms with Gasteiger partial charge < -0.3 is 9.47 Å². The molecule has 0 saturated heterocycles. The van der Waals surface area contributed by atoms with Crippen molar-refractivity contribution >= 4 is 17.9 Å². The van der Waals surface area contributed by atoms with Gasteiger partial charge in [-0.15, -0.1) is 13.2 Å². The summed E-state index contributed by atoms with van der Waals surface area (Å²) in [5.41, 5.74) is -4.64. The maximum atomic E-state index is 15.2. The second-order valence-electron chi connectivity index (χ2n) is 10.8. The van der Waals surface area contributed by atoms with Crippen LogP contribution in [0.25, 0.3) is 0 Å². The first-order chi connectivity index (χ1) is 19.7. The Balaban J connectivity index is 2.30. The molecule has 6 nitrogen and oxygen atoms in total. The first-order valence-corrected chi connectivity index (χ1v) is 13.0. The molecule has 2 amide bonds. The van der Waals surface area contributed by atoms with Gasteiger partial charge in [0.25, 0.3) is 0 Å². The maximum Gasteiger partial charge on any atom is 0.576 e. The number of fused-ring (bicyclic) bond motifs is 1. The molecule has 1 heterocycles. The standard InChI is InChI=1S/C28H30F9N2O4/c1-15(2)23-13-21(20-8-6-7-9-22(20)39(23,28(35,36)37)25(41)43-16(3)4)38(24(40)42-5)14-17-10-18(26(29,30)31)12-19(11-17)27(32,33)34/h6-12,15-16,21,23H,13-14H2,1-5H3/q+1/t21-,23-,39?/m0/s1. The molecule has 0 fully saturated rings. The van der Waals surface area contributed by atoms with Gasteiger partial charge in [0.1, 0.15) is 12.1 Å². The van der Waals surface area contributed by atoms with Crippen LogP contribution in [0.15, 0.2) is 42.5 Å². The first kappa shape index (κ1) is 34.0. The van der Waals surface area contributed by atoms with Crippen LogP contribution in [0.2, 0.25) is 0 Å². The monoisotopic (exact) mass is 629 g/mol. The molecule has 0 aliphatic carbocycles. The van der Waals surface area contributed by atoms with Gasteiger partial charge in [-0.05, 0) is 37.6 Å². The fraction of sp³-hybridized carbons (Fsp3) is 0.500. The zero-order valence-corrected chi connectivity index (χ0v) is 23.7. The van der Waals surface area contributed by atoms with E-state index in [1.54, 1.807) is 0 Å². The summed E-state index contributed by atoms with van der Waals surface area (Å²) in [5.74, 6) is -0.887. The van der Waals surface area contributed by atoms with Crippen molar-refractivity contribution in [2.75, 3.05) is 7.11 Å². The predicted molar refractivity (Wildman–Crippen MR) is 136 cm³/mol. The molecule has 3 rings (SSSR count). The minimum absolute atomic E-state index is 0.0772. The molecule has 238 valence electrons. The summed E-state index contributed by atoms with van der Waals surface area (Å²) in [6.45, 7) is 4.70. The molecule has 0 aromatic heterocycles. The van der Waals surface area contributed by atoms with Crippen molar-refractivity contribution in [2.45, 2.75) is 77.5 Å². The van der Waals surface area contributed by atoms with Crippen LogP contribution in [0.3, 0.4) is 0 Å². The summed E-state index contributed by atoms with van der Waals surface area (Å²) in [6.07, 6.45) is -19.9. The molecule has 1 aliphatic rings. The van der Waals surface area contributed by atoms with Crippen molar-refractivity contribution in [1.29, 1.82) is 0 Å². The molecule has 3 atom stereocenters. The Labute approximate surface area is 241 Å². The third-order valence-corrected chi connectivity index (χ3v) is 7.22. The van der Waals surface area contributed by atoms with Crippen molar-refractivity contribution < 1.29 is 58.6 Å². The number of carbonyl (C=O) groups excluding carboxylic acids is 2. The summed E-state index contributed by atoms with van der Waals surface area (Å²) in [4.78, 5) is 27.2. The van der Waals surface area contributed by atoms with Crippen LogP contribution in [-0.4, -0.2) is 42.6 Å². The van der Waals surface area contributed by atoms with Gasteiger partial charge in [0.15, 0.2) is 5.69 Å². The van der Waals surface area contributed by atoms with Gasteiger partial charge in [0.05, 0.1) is 24.3 Å². The smallest absolute Gasteiger partial charge is 0.453 e. The van der Waals surface area contributed by atoms with E-state index in [2.05, 4.69) is 0 Å². The molecule has 0 N–H and O–H groups in total. The van der Waals surface area contributed by atoms with Gasteiger partial charge in [-0.3, -0.25) is 4.90 Å². The Bertz CT molecular complexity index is 1310. The van der Waals surface area contributed by atoms with E-state index in [4.69, 9.17) is 9.47 Å². The highest BCUT2D eigenvalue weighted by Crippen LogP contribution is 2.53. The van der Waals surface area contributed by atoms with Gasteiger partial charge in [0.2, 0.25) is 0 Å². The number of ether oxygens (including phenoxy) is 2. The van der Waals surface area contributed by atoms with Crippen LogP contribution in [-0.2, 0) is 28.4 Å².